The van der Waals surface area contributed by atoms with Crippen LogP contribution in [0.4, 0.5) is 0 Å². The maximum Gasteiger partial charge on any atom is 0.338 e. The number of epoxide rings is 1. The van der Waals surface area contributed by atoms with Crippen LogP contribution in [0.3, 0.4) is 0 Å². The van der Waals surface area contributed by atoms with E-state index in [1.807, 2.05) is 0 Å². The third-order valence-corrected chi connectivity index (χ3v) is 7.26. The van der Waals surface area contributed by atoms with E-state index in [1.165, 1.54) is 31.6 Å². The zero-order valence-corrected chi connectivity index (χ0v) is 19.1. The molecule has 198 valence electrons. The predicted octanol–water partition coefficient (Wildman–Crippen LogP) is -2.01. The molecule has 3 heterocycles. The highest BCUT2D eigenvalue weighted by Gasteiger charge is 2.77. The molecule has 1 aromatic rings. The van der Waals surface area contributed by atoms with Gasteiger partial charge in [-0.1, -0.05) is 0 Å². The Labute approximate surface area is 205 Å². The molecule has 0 bridgehead atoms. The summed E-state index contributed by atoms with van der Waals surface area (Å²) in [5.41, 5.74) is -1.03. The lowest BCUT2D eigenvalue weighted by Gasteiger charge is -2.43. The number of ether oxygens (including phenoxy) is 6. The van der Waals surface area contributed by atoms with Gasteiger partial charge in [-0.3, -0.25) is 0 Å². The number of carbonyl (C=O) groups excluding carboxylic acids is 1. The summed E-state index contributed by atoms with van der Waals surface area (Å²) in [5, 5.41) is 59.8. The molecule has 1 aromatic carbocycles. The van der Waals surface area contributed by atoms with E-state index in [2.05, 4.69) is 0 Å². The first-order valence-electron chi connectivity index (χ1n) is 11.4. The molecule has 1 saturated carbocycles. The first-order chi connectivity index (χ1) is 17.2. The van der Waals surface area contributed by atoms with E-state index in [-0.39, 0.29) is 17.1 Å². The molecule has 36 heavy (non-hydrogen) atoms. The van der Waals surface area contributed by atoms with Gasteiger partial charge in [0.05, 0.1) is 38.1 Å². The Morgan fingerprint density at radius 1 is 1.11 bits per heavy atom. The van der Waals surface area contributed by atoms with Crippen LogP contribution in [-0.4, -0.2) is 112 Å². The van der Waals surface area contributed by atoms with Crippen LogP contribution in [-0.2, 0) is 23.7 Å². The van der Waals surface area contributed by atoms with Crippen LogP contribution in [0.5, 0.6) is 11.5 Å². The van der Waals surface area contributed by atoms with Crippen molar-refractivity contribution in [2.24, 2.45) is 11.8 Å². The first-order valence-corrected chi connectivity index (χ1v) is 11.4. The molecule has 0 aromatic heterocycles. The van der Waals surface area contributed by atoms with Crippen molar-refractivity contribution in [3.63, 3.8) is 0 Å². The number of hydrogen-bond acceptors (Lipinski definition) is 13. The fourth-order valence-electron chi connectivity index (χ4n) is 5.28. The maximum atomic E-state index is 12.9. The molecule has 0 radical (unpaired) electrons. The Hall–Kier alpha value is -2.49. The Bertz CT molecular complexity index is 1010. The number of benzene rings is 1. The number of phenols is 1. The van der Waals surface area contributed by atoms with Gasteiger partial charge in [0.1, 0.15) is 42.2 Å². The first kappa shape index (κ1) is 25.2. The summed E-state index contributed by atoms with van der Waals surface area (Å²) in [6.45, 7) is -1.07. The minimum Gasteiger partial charge on any atom is -0.504 e. The molecule has 3 fully saturated rings. The lowest BCUT2D eigenvalue weighted by molar-refractivity contribution is -0.344. The van der Waals surface area contributed by atoms with E-state index >= 15 is 0 Å². The van der Waals surface area contributed by atoms with Crippen molar-refractivity contribution in [1.82, 2.24) is 0 Å². The Morgan fingerprint density at radius 2 is 1.89 bits per heavy atom. The highest BCUT2D eigenvalue weighted by molar-refractivity contribution is 5.90. The smallest absolute Gasteiger partial charge is 0.338 e. The Morgan fingerprint density at radius 3 is 2.58 bits per heavy atom. The summed E-state index contributed by atoms with van der Waals surface area (Å²) in [4.78, 5) is 12.9. The SMILES string of the molecule is COc1cc(C(=O)O[C@@H]2[C@H]3C=CO[C@H](O[C@@H]4O[C@H](CO)[C@@H](O)[C@H](O)[C@H]4O)[C@@H]3[C@@]3(CO)O[C@H]23)ccc1O. The molecule has 0 amide bonds. The third kappa shape index (κ3) is 3.92. The molecule has 0 spiro atoms. The number of aliphatic hydroxyl groups is 5. The average molecular weight is 512 g/mol. The zero-order chi connectivity index (χ0) is 25.8. The van der Waals surface area contributed by atoms with Gasteiger partial charge in [0.15, 0.2) is 17.8 Å². The van der Waals surface area contributed by atoms with Crippen LogP contribution in [0.1, 0.15) is 10.4 Å². The van der Waals surface area contributed by atoms with Gasteiger partial charge >= 0.3 is 5.97 Å². The van der Waals surface area contributed by atoms with Crippen LogP contribution in [0.15, 0.2) is 30.5 Å². The average Bonchev–Trinajstić information content (AvgIpc) is 3.56. The Balaban J connectivity index is 1.35. The standard InChI is InChI=1S/C23H28O13/c1-31-12-6-9(2-3-11(12)26)20(30)34-18-10-4-5-32-21(14(10)23(8-25)19(18)36-23)35-22-17(29)16(28)15(27)13(7-24)33-22/h2-6,10,13-19,21-22,24-29H,7-8H2,1H3/t10-,13+,14+,15+,16-,17+,18+,19+,21+,22-,23+/m0/s1. The summed E-state index contributed by atoms with van der Waals surface area (Å²) >= 11 is 0. The van der Waals surface area contributed by atoms with Crippen molar-refractivity contribution in [3.8, 4) is 11.5 Å². The van der Waals surface area contributed by atoms with Gasteiger partial charge in [0.25, 0.3) is 0 Å². The molecule has 4 aliphatic rings. The maximum absolute atomic E-state index is 12.9. The Kier molecular flexibility index (Phi) is 6.59. The molecular formula is C23H28O13. The van der Waals surface area contributed by atoms with Gasteiger partial charge in [-0.2, -0.15) is 0 Å². The molecule has 13 nitrogen and oxygen atoms in total. The topological polar surface area (TPSA) is 197 Å². The zero-order valence-electron chi connectivity index (χ0n) is 19.1. The van der Waals surface area contributed by atoms with E-state index in [4.69, 9.17) is 28.4 Å². The van der Waals surface area contributed by atoms with E-state index in [0.29, 0.717) is 0 Å². The minimum atomic E-state index is -1.66. The highest BCUT2D eigenvalue weighted by Crippen LogP contribution is 2.60. The van der Waals surface area contributed by atoms with Crippen molar-refractivity contribution in [3.05, 3.63) is 36.1 Å². The van der Waals surface area contributed by atoms with Gasteiger partial charge in [-0.05, 0) is 24.3 Å². The van der Waals surface area contributed by atoms with Crippen LogP contribution >= 0.6 is 0 Å². The van der Waals surface area contributed by atoms with Crippen molar-refractivity contribution in [2.75, 3.05) is 20.3 Å². The normalized spacial score (nSPS) is 42.7. The van der Waals surface area contributed by atoms with Crippen molar-refractivity contribution in [1.29, 1.82) is 0 Å². The number of methoxy groups -OCH3 is 1. The second kappa shape index (κ2) is 9.43. The number of fused-ring (bicyclic) bond motifs is 3. The quantitative estimate of drug-likeness (QED) is 0.173. The van der Waals surface area contributed by atoms with E-state index in [9.17, 15) is 35.4 Å². The van der Waals surface area contributed by atoms with Crippen molar-refractivity contribution in [2.45, 2.75) is 54.8 Å². The summed E-state index contributed by atoms with van der Waals surface area (Å²) in [7, 11) is 1.35. The molecule has 6 N–H and O–H groups in total. The second-order valence-electron chi connectivity index (χ2n) is 9.18. The fraction of sp³-hybridized carbons (Fsp3) is 0.609. The van der Waals surface area contributed by atoms with Crippen LogP contribution in [0.2, 0.25) is 0 Å². The summed E-state index contributed by atoms with van der Waals surface area (Å²) in [6, 6.07) is 4.02. The molecular weight excluding hydrogens is 484 g/mol. The highest BCUT2D eigenvalue weighted by atomic mass is 16.8. The fourth-order valence-corrected chi connectivity index (χ4v) is 5.28. The molecule has 11 atom stereocenters. The minimum absolute atomic E-state index is 0.0973. The summed E-state index contributed by atoms with van der Waals surface area (Å²) in [5.74, 6) is -1.95. The van der Waals surface area contributed by atoms with E-state index < -0.39 is 85.8 Å². The van der Waals surface area contributed by atoms with Gasteiger partial charge in [0, 0.05) is 5.92 Å². The van der Waals surface area contributed by atoms with Crippen LogP contribution in [0.25, 0.3) is 0 Å². The second-order valence-corrected chi connectivity index (χ2v) is 9.18. The van der Waals surface area contributed by atoms with E-state index in [1.54, 1.807) is 6.08 Å². The number of rotatable bonds is 7. The lowest BCUT2D eigenvalue weighted by atomic mass is 9.85. The number of carbonyl (C=O) groups is 1. The largest absolute Gasteiger partial charge is 0.504 e. The van der Waals surface area contributed by atoms with Crippen molar-refractivity contribution >= 4 is 5.97 Å². The van der Waals surface area contributed by atoms with Gasteiger partial charge in [0.2, 0.25) is 6.29 Å². The van der Waals surface area contributed by atoms with Crippen molar-refractivity contribution < 1.29 is 63.9 Å². The van der Waals surface area contributed by atoms with Gasteiger partial charge in [-0.15, -0.1) is 0 Å². The predicted molar refractivity (Wildman–Crippen MR) is 114 cm³/mol. The molecule has 3 aliphatic heterocycles. The molecule has 1 aliphatic carbocycles. The van der Waals surface area contributed by atoms with Crippen LogP contribution < -0.4 is 4.74 Å². The number of aliphatic hydroxyl groups excluding tert-OH is 5. The molecule has 0 unspecified atom stereocenters. The van der Waals surface area contributed by atoms with E-state index in [0.717, 1.165) is 0 Å². The monoisotopic (exact) mass is 512 g/mol. The molecule has 2 saturated heterocycles. The third-order valence-electron chi connectivity index (χ3n) is 7.26. The number of hydrogen-bond donors (Lipinski definition) is 6. The number of aromatic hydroxyl groups is 1. The molecule has 13 heteroatoms. The summed E-state index contributed by atoms with van der Waals surface area (Å²) < 4.78 is 33.4. The van der Waals surface area contributed by atoms with Gasteiger partial charge in [-0.25, -0.2) is 4.79 Å². The number of esters is 1. The van der Waals surface area contributed by atoms with Crippen LogP contribution in [0, 0.1) is 11.8 Å². The summed E-state index contributed by atoms with van der Waals surface area (Å²) in [6.07, 6.45) is -7.19. The molecule has 5 rings (SSSR count). The number of phenolic OH excluding ortho intramolecular Hbond substituents is 1. The van der Waals surface area contributed by atoms with Gasteiger partial charge < -0.3 is 59.1 Å². The lowest BCUT2D eigenvalue weighted by Crippen LogP contribution is -2.60.